The molecular formula is C20H20ClF2NO4. The Bertz CT molecular complexity index is 812. The molecule has 0 aliphatic carbocycles. The van der Waals surface area contributed by atoms with Crippen LogP contribution in [-0.2, 0) is 4.79 Å². The fraction of sp³-hybridized carbons (Fsp3) is 0.250. The highest BCUT2D eigenvalue weighted by atomic mass is 35.5. The first-order valence-corrected chi connectivity index (χ1v) is 8.71. The molecule has 0 aromatic heterocycles. The largest absolute Gasteiger partial charge is 0.493 e. The Morgan fingerprint density at radius 3 is 2.54 bits per heavy atom. The van der Waals surface area contributed by atoms with Gasteiger partial charge in [-0.05, 0) is 48.0 Å². The summed E-state index contributed by atoms with van der Waals surface area (Å²) in [6.07, 6.45) is 2.94. The van der Waals surface area contributed by atoms with Gasteiger partial charge < -0.3 is 19.1 Å². The van der Waals surface area contributed by atoms with E-state index >= 15 is 0 Å². The normalized spacial score (nSPS) is 10.9. The van der Waals surface area contributed by atoms with E-state index in [0.29, 0.717) is 29.5 Å². The van der Waals surface area contributed by atoms with Crippen molar-refractivity contribution in [3.05, 3.63) is 59.1 Å². The lowest BCUT2D eigenvalue weighted by Crippen LogP contribution is -2.29. The summed E-state index contributed by atoms with van der Waals surface area (Å²) in [5, 5.41) is 0.621. The van der Waals surface area contributed by atoms with Gasteiger partial charge in [0, 0.05) is 18.1 Å². The standard InChI is InChI=1S/C20H20ClF2NO4/c1-24(11-12-27-16-7-5-15(21)6-8-16)19(25)10-4-14-3-9-17(28-20(22)23)18(13-14)26-2/h3-10,13,20H,11-12H2,1-2H3/b10-4+. The maximum absolute atomic E-state index is 12.3. The average molecular weight is 412 g/mol. The molecule has 2 rings (SSSR count). The van der Waals surface area contributed by atoms with Crippen molar-refractivity contribution in [3.8, 4) is 17.2 Å². The number of alkyl halides is 2. The molecule has 0 unspecified atom stereocenters. The molecule has 5 nitrogen and oxygen atoms in total. The van der Waals surface area contributed by atoms with Crippen molar-refractivity contribution in [2.24, 2.45) is 0 Å². The van der Waals surface area contributed by atoms with Crippen molar-refractivity contribution in [2.75, 3.05) is 27.3 Å². The van der Waals surface area contributed by atoms with Crippen LogP contribution >= 0.6 is 11.6 Å². The van der Waals surface area contributed by atoms with Crippen molar-refractivity contribution in [1.82, 2.24) is 4.90 Å². The Morgan fingerprint density at radius 2 is 1.89 bits per heavy atom. The number of halogens is 3. The Balaban J connectivity index is 1.88. The van der Waals surface area contributed by atoms with Crippen LogP contribution in [0.1, 0.15) is 5.56 Å². The Hall–Kier alpha value is -2.80. The van der Waals surface area contributed by atoms with Crippen LogP contribution < -0.4 is 14.2 Å². The van der Waals surface area contributed by atoms with Gasteiger partial charge in [-0.25, -0.2) is 0 Å². The molecule has 0 N–H and O–H groups in total. The van der Waals surface area contributed by atoms with Crippen LogP contribution in [0.5, 0.6) is 17.2 Å². The fourth-order valence-corrected chi connectivity index (χ4v) is 2.34. The van der Waals surface area contributed by atoms with Gasteiger partial charge in [0.25, 0.3) is 0 Å². The SMILES string of the molecule is COc1cc(/C=C/C(=O)N(C)CCOc2ccc(Cl)cc2)ccc1OC(F)F. The molecule has 2 aromatic carbocycles. The van der Waals surface area contributed by atoms with E-state index in [-0.39, 0.29) is 17.4 Å². The van der Waals surface area contributed by atoms with Crippen LogP contribution in [0.15, 0.2) is 48.5 Å². The molecule has 0 atom stereocenters. The van der Waals surface area contributed by atoms with Gasteiger partial charge in [0.2, 0.25) is 5.91 Å². The summed E-state index contributed by atoms with van der Waals surface area (Å²) < 4.78 is 39.6. The van der Waals surface area contributed by atoms with E-state index in [9.17, 15) is 13.6 Å². The van der Waals surface area contributed by atoms with E-state index in [1.807, 2.05) is 0 Å². The number of hydrogen-bond acceptors (Lipinski definition) is 4. The number of ether oxygens (including phenoxy) is 3. The van der Waals surface area contributed by atoms with Crippen molar-refractivity contribution in [1.29, 1.82) is 0 Å². The zero-order valence-corrected chi connectivity index (χ0v) is 16.2. The zero-order valence-electron chi connectivity index (χ0n) is 15.4. The van der Waals surface area contributed by atoms with Crippen LogP contribution in [0.3, 0.4) is 0 Å². The van der Waals surface area contributed by atoms with Gasteiger partial charge in [-0.3, -0.25) is 4.79 Å². The topological polar surface area (TPSA) is 48.0 Å². The number of carbonyl (C=O) groups is 1. The molecule has 150 valence electrons. The summed E-state index contributed by atoms with van der Waals surface area (Å²) in [7, 11) is 3.00. The number of nitrogens with zero attached hydrogens (tertiary/aromatic N) is 1. The van der Waals surface area contributed by atoms with Crippen LogP contribution in [0.2, 0.25) is 5.02 Å². The van der Waals surface area contributed by atoms with E-state index in [1.165, 1.54) is 30.2 Å². The lowest BCUT2D eigenvalue weighted by molar-refractivity contribution is -0.125. The first-order chi connectivity index (χ1) is 13.4. The van der Waals surface area contributed by atoms with E-state index < -0.39 is 6.61 Å². The number of hydrogen-bond donors (Lipinski definition) is 0. The van der Waals surface area contributed by atoms with Gasteiger partial charge in [-0.1, -0.05) is 17.7 Å². The van der Waals surface area contributed by atoms with Crippen molar-refractivity contribution in [3.63, 3.8) is 0 Å². The van der Waals surface area contributed by atoms with Gasteiger partial charge in [0.15, 0.2) is 11.5 Å². The molecule has 8 heteroatoms. The number of amides is 1. The third-order valence-electron chi connectivity index (χ3n) is 3.71. The molecule has 0 radical (unpaired) electrons. The van der Waals surface area contributed by atoms with E-state index in [1.54, 1.807) is 43.5 Å². The van der Waals surface area contributed by atoms with E-state index in [0.717, 1.165) is 0 Å². The summed E-state index contributed by atoms with van der Waals surface area (Å²) >= 11 is 5.81. The Labute approximate surface area is 167 Å². The molecular weight excluding hydrogens is 392 g/mol. The molecule has 0 bridgehead atoms. The molecule has 0 spiro atoms. The predicted octanol–water partition coefficient (Wildman–Crippen LogP) is 4.50. The molecule has 2 aromatic rings. The van der Waals surface area contributed by atoms with Crippen molar-refractivity contribution >= 4 is 23.6 Å². The number of likely N-dealkylation sites (N-methyl/N-ethyl adjacent to an activating group) is 1. The van der Waals surface area contributed by atoms with Crippen molar-refractivity contribution < 1.29 is 27.8 Å². The molecule has 0 saturated carbocycles. The Kier molecular flexibility index (Phi) is 8.07. The molecule has 1 amide bonds. The monoisotopic (exact) mass is 411 g/mol. The zero-order chi connectivity index (χ0) is 20.5. The average Bonchev–Trinajstić information content (AvgIpc) is 2.67. The van der Waals surface area contributed by atoms with Crippen LogP contribution in [-0.4, -0.2) is 44.7 Å². The molecule has 0 heterocycles. The van der Waals surface area contributed by atoms with Gasteiger partial charge in [0.1, 0.15) is 12.4 Å². The predicted molar refractivity (Wildman–Crippen MR) is 103 cm³/mol. The van der Waals surface area contributed by atoms with E-state index in [2.05, 4.69) is 4.74 Å². The lowest BCUT2D eigenvalue weighted by Gasteiger charge is -2.15. The second-order valence-corrected chi connectivity index (χ2v) is 6.12. The van der Waals surface area contributed by atoms with Crippen LogP contribution in [0.4, 0.5) is 8.78 Å². The second kappa shape index (κ2) is 10.5. The summed E-state index contributed by atoms with van der Waals surface area (Å²) in [5.74, 6) is 0.516. The van der Waals surface area contributed by atoms with Crippen molar-refractivity contribution in [2.45, 2.75) is 6.61 Å². The highest BCUT2D eigenvalue weighted by Crippen LogP contribution is 2.29. The van der Waals surface area contributed by atoms with Crippen LogP contribution in [0, 0.1) is 0 Å². The molecule has 0 aliphatic rings. The highest BCUT2D eigenvalue weighted by Gasteiger charge is 2.11. The Morgan fingerprint density at radius 1 is 1.18 bits per heavy atom. The summed E-state index contributed by atoms with van der Waals surface area (Å²) in [4.78, 5) is 13.7. The molecule has 0 fully saturated rings. The summed E-state index contributed by atoms with van der Waals surface area (Å²) in [5.41, 5.74) is 0.609. The smallest absolute Gasteiger partial charge is 0.387 e. The minimum Gasteiger partial charge on any atom is -0.493 e. The van der Waals surface area contributed by atoms with Gasteiger partial charge in [-0.15, -0.1) is 0 Å². The molecule has 0 aliphatic heterocycles. The first-order valence-electron chi connectivity index (χ1n) is 8.33. The van der Waals surface area contributed by atoms with Gasteiger partial charge in [-0.2, -0.15) is 8.78 Å². The fourth-order valence-electron chi connectivity index (χ4n) is 2.22. The minimum atomic E-state index is -2.94. The quantitative estimate of drug-likeness (QED) is 0.570. The summed E-state index contributed by atoms with van der Waals surface area (Å²) in [6.45, 7) is -2.23. The third kappa shape index (κ3) is 6.74. The maximum atomic E-state index is 12.3. The number of benzene rings is 2. The van der Waals surface area contributed by atoms with Crippen LogP contribution in [0.25, 0.3) is 6.08 Å². The molecule has 28 heavy (non-hydrogen) atoms. The number of methoxy groups -OCH3 is 1. The maximum Gasteiger partial charge on any atom is 0.387 e. The van der Waals surface area contributed by atoms with Gasteiger partial charge >= 0.3 is 6.61 Å². The minimum absolute atomic E-state index is 0.0718. The first kappa shape index (κ1) is 21.5. The number of carbonyl (C=O) groups excluding carboxylic acids is 1. The second-order valence-electron chi connectivity index (χ2n) is 5.68. The lowest BCUT2D eigenvalue weighted by atomic mass is 10.2. The third-order valence-corrected chi connectivity index (χ3v) is 3.96. The summed E-state index contributed by atoms with van der Waals surface area (Å²) in [6, 6.07) is 11.4. The number of rotatable bonds is 9. The molecule has 0 saturated heterocycles. The van der Waals surface area contributed by atoms with E-state index in [4.69, 9.17) is 21.1 Å². The van der Waals surface area contributed by atoms with Gasteiger partial charge in [0.05, 0.1) is 13.7 Å². The highest BCUT2D eigenvalue weighted by molar-refractivity contribution is 6.30.